The van der Waals surface area contributed by atoms with Crippen molar-refractivity contribution in [1.82, 2.24) is 0 Å². The third kappa shape index (κ3) is 4.15. The molecule has 0 radical (unpaired) electrons. The summed E-state index contributed by atoms with van der Waals surface area (Å²) in [4.78, 5) is 14.4. The number of carbonyl (C=O) groups excluding carboxylic acids is 1. The molecule has 0 unspecified atom stereocenters. The van der Waals surface area contributed by atoms with Gasteiger partial charge in [-0.3, -0.25) is 4.79 Å². The van der Waals surface area contributed by atoms with Crippen molar-refractivity contribution in [3.05, 3.63) is 35.2 Å². The summed E-state index contributed by atoms with van der Waals surface area (Å²) in [5.74, 6) is -0.177. The minimum atomic E-state index is -0.177. The molecular weight excluding hydrogens is 216 g/mol. The van der Waals surface area contributed by atoms with E-state index in [-0.39, 0.29) is 5.97 Å². The topological polar surface area (TPSA) is 56.7 Å². The number of anilines is 1. The average molecular weight is 232 g/mol. The molecule has 0 aliphatic heterocycles. The summed E-state index contributed by atoms with van der Waals surface area (Å²) in [5, 5.41) is 0. The number of nitrogen functional groups attached to an aromatic ring is 1. The zero-order valence-corrected chi connectivity index (χ0v) is 9.90. The third-order valence-electron chi connectivity index (χ3n) is 2.39. The first-order valence-corrected chi connectivity index (χ1v) is 5.59. The molecular formula is C13H16N2O2. The predicted molar refractivity (Wildman–Crippen MR) is 66.7 cm³/mol. The molecule has 90 valence electrons. The van der Waals surface area contributed by atoms with Crippen molar-refractivity contribution in [2.75, 3.05) is 12.3 Å². The normalized spacial score (nSPS) is 9.65. The lowest BCUT2D eigenvalue weighted by atomic mass is 10.1. The molecule has 0 saturated heterocycles. The number of rotatable bonds is 5. The van der Waals surface area contributed by atoms with Crippen molar-refractivity contribution in [2.45, 2.75) is 26.2 Å². The van der Waals surface area contributed by atoms with Crippen molar-refractivity contribution >= 4 is 17.3 Å². The fourth-order valence-electron chi connectivity index (χ4n) is 1.54. The van der Waals surface area contributed by atoms with Crippen LogP contribution >= 0.6 is 0 Å². The maximum absolute atomic E-state index is 11.1. The zero-order chi connectivity index (χ0) is 12.7. The number of aryl methyl sites for hydroxylation is 1. The largest absolute Gasteiger partial charge is 0.466 e. The number of esters is 1. The molecule has 0 atom stereocenters. The van der Waals surface area contributed by atoms with Gasteiger partial charge in [0.25, 0.3) is 0 Å². The smallest absolute Gasteiger partial charge is 0.305 e. The van der Waals surface area contributed by atoms with Crippen LogP contribution in [0.2, 0.25) is 0 Å². The van der Waals surface area contributed by atoms with Gasteiger partial charge in [0.2, 0.25) is 0 Å². The van der Waals surface area contributed by atoms with E-state index in [0.29, 0.717) is 30.8 Å². The van der Waals surface area contributed by atoms with Crippen LogP contribution in [0.5, 0.6) is 0 Å². The first kappa shape index (κ1) is 13.0. The first-order valence-electron chi connectivity index (χ1n) is 5.59. The van der Waals surface area contributed by atoms with Gasteiger partial charge in [0.1, 0.15) is 0 Å². The molecule has 4 nitrogen and oxygen atoms in total. The van der Waals surface area contributed by atoms with Crippen LogP contribution in [0.3, 0.4) is 0 Å². The fraction of sp³-hybridized carbons (Fsp3) is 0.385. The van der Waals surface area contributed by atoms with E-state index in [1.807, 2.05) is 6.07 Å². The molecule has 0 aliphatic carbocycles. The number of hydrogen-bond acceptors (Lipinski definition) is 3. The van der Waals surface area contributed by atoms with E-state index in [1.54, 1.807) is 19.1 Å². The molecule has 0 bridgehead atoms. The molecule has 0 heterocycles. The Balaban J connectivity index is 2.47. The second-order valence-electron chi connectivity index (χ2n) is 3.65. The standard InChI is InChI=1S/C13H16N2O2/c1-3-17-13(16)6-4-5-10-7-8-11(15-2)9-12(10)14/h7-9H,3-6,14H2,1H3. The highest BCUT2D eigenvalue weighted by atomic mass is 16.5. The molecule has 0 aliphatic rings. The SMILES string of the molecule is [C-]#[N+]c1ccc(CCCC(=O)OCC)c(N)c1. The molecule has 0 aromatic heterocycles. The van der Waals surface area contributed by atoms with Crippen LogP contribution in [0, 0.1) is 6.57 Å². The van der Waals surface area contributed by atoms with Gasteiger partial charge in [-0.25, -0.2) is 4.85 Å². The molecule has 1 aromatic carbocycles. The van der Waals surface area contributed by atoms with Crippen LogP contribution in [-0.2, 0) is 16.0 Å². The highest BCUT2D eigenvalue weighted by Gasteiger charge is 2.04. The second-order valence-corrected chi connectivity index (χ2v) is 3.65. The number of hydrogen-bond donors (Lipinski definition) is 1. The Labute approximate surface area is 101 Å². The Morgan fingerprint density at radius 3 is 2.88 bits per heavy atom. The Bertz CT molecular complexity index is 436. The number of nitrogens with zero attached hydrogens (tertiary/aromatic N) is 1. The van der Waals surface area contributed by atoms with E-state index in [9.17, 15) is 4.79 Å². The van der Waals surface area contributed by atoms with Crippen molar-refractivity contribution in [3.63, 3.8) is 0 Å². The van der Waals surface area contributed by atoms with Crippen LogP contribution in [0.25, 0.3) is 4.85 Å². The Kier molecular flexibility index (Phi) is 5.02. The highest BCUT2D eigenvalue weighted by molar-refractivity contribution is 5.69. The van der Waals surface area contributed by atoms with Gasteiger partial charge >= 0.3 is 5.97 Å². The van der Waals surface area contributed by atoms with Gasteiger partial charge in [0.05, 0.1) is 13.2 Å². The van der Waals surface area contributed by atoms with Crippen LogP contribution in [0.1, 0.15) is 25.3 Å². The molecule has 1 aromatic rings. The predicted octanol–water partition coefficient (Wildman–Crippen LogP) is 2.71. The minimum absolute atomic E-state index is 0.177. The van der Waals surface area contributed by atoms with E-state index >= 15 is 0 Å². The van der Waals surface area contributed by atoms with E-state index in [0.717, 1.165) is 12.0 Å². The summed E-state index contributed by atoms with van der Waals surface area (Å²) in [6, 6.07) is 5.24. The molecule has 1 rings (SSSR count). The Morgan fingerprint density at radius 1 is 1.53 bits per heavy atom. The zero-order valence-electron chi connectivity index (χ0n) is 9.90. The number of benzene rings is 1. The van der Waals surface area contributed by atoms with Crippen LogP contribution in [-0.4, -0.2) is 12.6 Å². The van der Waals surface area contributed by atoms with Crippen LogP contribution in [0.4, 0.5) is 11.4 Å². The minimum Gasteiger partial charge on any atom is -0.466 e. The monoisotopic (exact) mass is 232 g/mol. The van der Waals surface area contributed by atoms with Crippen molar-refractivity contribution < 1.29 is 9.53 Å². The molecule has 17 heavy (non-hydrogen) atoms. The fourth-order valence-corrected chi connectivity index (χ4v) is 1.54. The van der Waals surface area contributed by atoms with Gasteiger partial charge < -0.3 is 10.5 Å². The molecule has 0 spiro atoms. The lowest BCUT2D eigenvalue weighted by Gasteiger charge is -2.06. The van der Waals surface area contributed by atoms with Crippen molar-refractivity contribution in [3.8, 4) is 0 Å². The molecule has 0 saturated carbocycles. The number of carbonyl (C=O) groups is 1. The molecule has 4 heteroatoms. The van der Waals surface area contributed by atoms with Gasteiger partial charge in [-0.15, -0.1) is 0 Å². The van der Waals surface area contributed by atoms with Crippen LogP contribution in [0.15, 0.2) is 18.2 Å². The summed E-state index contributed by atoms with van der Waals surface area (Å²) in [7, 11) is 0. The van der Waals surface area contributed by atoms with Crippen LogP contribution < -0.4 is 5.73 Å². The number of ether oxygens (including phenoxy) is 1. The summed E-state index contributed by atoms with van der Waals surface area (Å²) < 4.78 is 4.84. The van der Waals surface area contributed by atoms with Crippen molar-refractivity contribution in [2.24, 2.45) is 0 Å². The lowest BCUT2D eigenvalue weighted by Crippen LogP contribution is -2.04. The highest BCUT2D eigenvalue weighted by Crippen LogP contribution is 2.21. The van der Waals surface area contributed by atoms with E-state index in [1.165, 1.54) is 0 Å². The van der Waals surface area contributed by atoms with E-state index < -0.39 is 0 Å². The maximum atomic E-state index is 11.1. The van der Waals surface area contributed by atoms with Crippen molar-refractivity contribution in [1.29, 1.82) is 0 Å². The molecule has 0 fully saturated rings. The lowest BCUT2D eigenvalue weighted by molar-refractivity contribution is -0.143. The van der Waals surface area contributed by atoms with Gasteiger partial charge in [-0.2, -0.15) is 0 Å². The quantitative estimate of drug-likeness (QED) is 0.482. The summed E-state index contributed by atoms with van der Waals surface area (Å²) in [6.45, 7) is 9.07. The van der Waals surface area contributed by atoms with E-state index in [4.69, 9.17) is 17.0 Å². The van der Waals surface area contributed by atoms with Gasteiger partial charge in [0, 0.05) is 12.1 Å². The Morgan fingerprint density at radius 2 is 2.29 bits per heavy atom. The van der Waals surface area contributed by atoms with Gasteiger partial charge in [0.15, 0.2) is 5.69 Å². The molecule has 0 amide bonds. The van der Waals surface area contributed by atoms with E-state index in [2.05, 4.69) is 4.85 Å². The second kappa shape index (κ2) is 6.54. The maximum Gasteiger partial charge on any atom is 0.305 e. The summed E-state index contributed by atoms with van der Waals surface area (Å²) in [5.41, 5.74) is 7.94. The summed E-state index contributed by atoms with van der Waals surface area (Å²) >= 11 is 0. The Hall–Kier alpha value is -2.02. The van der Waals surface area contributed by atoms with Gasteiger partial charge in [-0.05, 0) is 31.4 Å². The summed E-state index contributed by atoms with van der Waals surface area (Å²) in [6.07, 6.45) is 1.83. The molecule has 2 N–H and O–H groups in total. The van der Waals surface area contributed by atoms with Gasteiger partial charge in [-0.1, -0.05) is 12.1 Å². The first-order chi connectivity index (χ1) is 8.17. The third-order valence-corrected chi connectivity index (χ3v) is 2.39. The average Bonchev–Trinajstić information content (AvgIpc) is 2.31. The number of nitrogens with two attached hydrogens (primary N) is 1.